The maximum Gasteiger partial charge on any atom is 0.234 e. The van der Waals surface area contributed by atoms with Crippen molar-refractivity contribution in [3.63, 3.8) is 0 Å². The largest absolute Gasteiger partial charge is 0.399 e. The van der Waals surface area contributed by atoms with Gasteiger partial charge in [-0.15, -0.1) is 11.8 Å². The molecule has 0 radical (unpaired) electrons. The summed E-state index contributed by atoms with van der Waals surface area (Å²) in [6.07, 6.45) is 1.08. The maximum atomic E-state index is 11.7. The zero-order valence-electron chi connectivity index (χ0n) is 10.6. The van der Waals surface area contributed by atoms with E-state index in [1.54, 1.807) is 17.8 Å². The molecule has 0 heterocycles. The van der Waals surface area contributed by atoms with E-state index in [1.165, 1.54) is 0 Å². The molecule has 0 spiro atoms. The van der Waals surface area contributed by atoms with Crippen LogP contribution in [-0.4, -0.2) is 16.9 Å². The molecule has 0 fully saturated rings. The van der Waals surface area contributed by atoms with Gasteiger partial charge in [0.2, 0.25) is 5.91 Å². The second kappa shape index (κ2) is 6.55. The Morgan fingerprint density at radius 2 is 2.24 bits per heavy atom. The van der Waals surface area contributed by atoms with Gasteiger partial charge in [0.05, 0.1) is 5.75 Å². The number of nitrogens with one attached hydrogen (secondary N) is 1. The summed E-state index contributed by atoms with van der Waals surface area (Å²) in [6, 6.07) is 5.50. The number of nitrogen functional groups attached to an aromatic ring is 1. The highest BCUT2D eigenvalue weighted by Crippen LogP contribution is 2.19. The molecule has 0 aliphatic heterocycles. The van der Waals surface area contributed by atoms with Gasteiger partial charge >= 0.3 is 0 Å². The van der Waals surface area contributed by atoms with E-state index in [-0.39, 0.29) is 5.91 Å². The number of anilines is 2. The van der Waals surface area contributed by atoms with Gasteiger partial charge in [0, 0.05) is 16.6 Å². The third kappa shape index (κ3) is 4.69. The predicted octanol–water partition coefficient (Wildman–Crippen LogP) is 3.05. The van der Waals surface area contributed by atoms with Crippen LogP contribution in [0.2, 0.25) is 0 Å². The molecule has 0 aliphatic carbocycles. The standard InChI is InChI=1S/C13H20N2OS/c1-4-10(3)17-8-13(16)15-12-6-5-11(14)7-9(12)2/h5-7,10H,4,8,14H2,1-3H3,(H,15,16). The zero-order chi connectivity index (χ0) is 12.8. The summed E-state index contributed by atoms with van der Waals surface area (Å²) in [5, 5.41) is 3.42. The van der Waals surface area contributed by atoms with Gasteiger partial charge in [0.15, 0.2) is 0 Å². The van der Waals surface area contributed by atoms with E-state index in [0.29, 0.717) is 11.0 Å². The SMILES string of the molecule is CCC(C)SCC(=O)Nc1ccc(N)cc1C. The highest BCUT2D eigenvalue weighted by molar-refractivity contribution is 8.00. The van der Waals surface area contributed by atoms with Crippen molar-refractivity contribution in [1.29, 1.82) is 0 Å². The molecule has 0 bridgehead atoms. The van der Waals surface area contributed by atoms with Crippen molar-refractivity contribution in [1.82, 2.24) is 0 Å². The van der Waals surface area contributed by atoms with Crippen molar-refractivity contribution in [3.8, 4) is 0 Å². The summed E-state index contributed by atoms with van der Waals surface area (Å²) in [5.41, 5.74) is 8.21. The number of carbonyl (C=O) groups excluding carboxylic acids is 1. The van der Waals surface area contributed by atoms with Crippen molar-refractivity contribution >= 4 is 29.0 Å². The molecule has 1 rings (SSSR count). The molecule has 1 aromatic rings. The van der Waals surface area contributed by atoms with E-state index >= 15 is 0 Å². The minimum atomic E-state index is 0.0446. The molecule has 1 atom stereocenters. The Balaban J connectivity index is 2.50. The highest BCUT2D eigenvalue weighted by Gasteiger charge is 2.07. The molecule has 1 unspecified atom stereocenters. The topological polar surface area (TPSA) is 55.1 Å². The molecule has 3 nitrogen and oxygen atoms in total. The Morgan fingerprint density at radius 1 is 1.53 bits per heavy atom. The lowest BCUT2D eigenvalue weighted by Gasteiger charge is -2.10. The smallest absolute Gasteiger partial charge is 0.234 e. The van der Waals surface area contributed by atoms with E-state index in [1.807, 2.05) is 19.1 Å². The number of hydrogen-bond donors (Lipinski definition) is 2. The molecule has 0 aromatic heterocycles. The van der Waals surface area contributed by atoms with Gasteiger partial charge in [-0.3, -0.25) is 4.79 Å². The molecular weight excluding hydrogens is 232 g/mol. The van der Waals surface area contributed by atoms with Crippen molar-refractivity contribution in [2.45, 2.75) is 32.4 Å². The fourth-order valence-corrected chi connectivity index (χ4v) is 2.09. The van der Waals surface area contributed by atoms with Crippen LogP contribution in [-0.2, 0) is 4.79 Å². The summed E-state index contributed by atoms with van der Waals surface area (Å²) < 4.78 is 0. The number of carbonyl (C=O) groups is 1. The molecular formula is C13H20N2OS. The minimum absolute atomic E-state index is 0.0446. The molecule has 0 saturated carbocycles. The number of amides is 1. The van der Waals surface area contributed by atoms with Gasteiger partial charge in [-0.1, -0.05) is 13.8 Å². The van der Waals surface area contributed by atoms with Crippen LogP contribution >= 0.6 is 11.8 Å². The van der Waals surface area contributed by atoms with E-state index < -0.39 is 0 Å². The summed E-state index contributed by atoms with van der Waals surface area (Å²) >= 11 is 1.68. The highest BCUT2D eigenvalue weighted by atomic mass is 32.2. The summed E-state index contributed by atoms with van der Waals surface area (Å²) in [4.78, 5) is 11.7. The van der Waals surface area contributed by atoms with Crippen LogP contribution < -0.4 is 11.1 Å². The second-order valence-corrected chi connectivity index (χ2v) is 5.58. The van der Waals surface area contributed by atoms with Gasteiger partial charge in [0.1, 0.15) is 0 Å². The van der Waals surface area contributed by atoms with Gasteiger partial charge in [-0.05, 0) is 37.1 Å². The van der Waals surface area contributed by atoms with Gasteiger partial charge < -0.3 is 11.1 Å². The van der Waals surface area contributed by atoms with Crippen LogP contribution in [0.15, 0.2) is 18.2 Å². The van der Waals surface area contributed by atoms with Crippen molar-refractivity contribution in [2.75, 3.05) is 16.8 Å². The molecule has 0 aliphatic rings. The number of hydrogen-bond acceptors (Lipinski definition) is 3. The van der Waals surface area contributed by atoms with E-state index in [0.717, 1.165) is 23.4 Å². The van der Waals surface area contributed by atoms with Crippen molar-refractivity contribution in [2.24, 2.45) is 0 Å². The van der Waals surface area contributed by atoms with Crippen molar-refractivity contribution < 1.29 is 4.79 Å². The molecule has 0 saturated heterocycles. The van der Waals surface area contributed by atoms with Gasteiger partial charge in [-0.25, -0.2) is 0 Å². The van der Waals surface area contributed by atoms with Crippen LogP contribution in [0.3, 0.4) is 0 Å². The number of aryl methyl sites for hydroxylation is 1. The Morgan fingerprint density at radius 3 is 2.82 bits per heavy atom. The fourth-order valence-electron chi connectivity index (χ4n) is 1.35. The zero-order valence-corrected chi connectivity index (χ0v) is 11.4. The third-order valence-corrected chi connectivity index (χ3v) is 3.93. The molecule has 3 N–H and O–H groups in total. The van der Waals surface area contributed by atoms with Gasteiger partial charge in [0.25, 0.3) is 0 Å². The first-order chi connectivity index (χ1) is 8.02. The van der Waals surface area contributed by atoms with Gasteiger partial charge in [-0.2, -0.15) is 0 Å². The van der Waals surface area contributed by atoms with Crippen LogP contribution in [0.25, 0.3) is 0 Å². The quantitative estimate of drug-likeness (QED) is 0.792. The second-order valence-electron chi connectivity index (χ2n) is 4.15. The third-order valence-electron chi connectivity index (χ3n) is 2.60. The van der Waals surface area contributed by atoms with E-state index in [2.05, 4.69) is 19.2 Å². The first-order valence-corrected chi connectivity index (χ1v) is 6.85. The predicted molar refractivity (Wildman–Crippen MR) is 76.4 cm³/mol. The monoisotopic (exact) mass is 252 g/mol. The average Bonchev–Trinajstić information content (AvgIpc) is 2.29. The molecule has 1 aromatic carbocycles. The van der Waals surface area contributed by atoms with Crippen molar-refractivity contribution in [3.05, 3.63) is 23.8 Å². The Hall–Kier alpha value is -1.16. The van der Waals surface area contributed by atoms with Crippen LogP contribution in [0.4, 0.5) is 11.4 Å². The average molecular weight is 252 g/mol. The van der Waals surface area contributed by atoms with Crippen LogP contribution in [0, 0.1) is 6.92 Å². The normalized spacial score (nSPS) is 12.2. The molecule has 17 heavy (non-hydrogen) atoms. The van der Waals surface area contributed by atoms with E-state index in [9.17, 15) is 4.79 Å². The first kappa shape index (κ1) is 13.9. The molecule has 1 amide bonds. The number of nitrogens with two attached hydrogens (primary N) is 1. The Kier molecular flexibility index (Phi) is 5.35. The summed E-state index contributed by atoms with van der Waals surface area (Å²) in [7, 11) is 0. The maximum absolute atomic E-state index is 11.7. The lowest BCUT2D eigenvalue weighted by molar-refractivity contribution is -0.113. The lowest BCUT2D eigenvalue weighted by atomic mass is 10.2. The number of rotatable bonds is 5. The van der Waals surface area contributed by atoms with E-state index in [4.69, 9.17) is 5.73 Å². The fraction of sp³-hybridized carbons (Fsp3) is 0.462. The number of thioether (sulfide) groups is 1. The Labute approximate surface area is 107 Å². The number of benzene rings is 1. The lowest BCUT2D eigenvalue weighted by Crippen LogP contribution is -2.16. The summed E-state index contributed by atoms with van der Waals surface area (Å²) in [5.74, 6) is 0.543. The summed E-state index contributed by atoms with van der Waals surface area (Å²) in [6.45, 7) is 6.19. The Bertz CT molecular complexity index is 393. The van der Waals surface area contributed by atoms with Crippen LogP contribution in [0.5, 0.6) is 0 Å². The molecule has 94 valence electrons. The molecule has 4 heteroatoms. The minimum Gasteiger partial charge on any atom is -0.399 e. The first-order valence-electron chi connectivity index (χ1n) is 5.80. The van der Waals surface area contributed by atoms with Crippen LogP contribution in [0.1, 0.15) is 25.8 Å².